The van der Waals surface area contributed by atoms with E-state index in [1.54, 1.807) is 0 Å². The van der Waals surface area contributed by atoms with Gasteiger partial charge in [0.1, 0.15) is 5.76 Å². The highest BCUT2D eigenvalue weighted by molar-refractivity contribution is 5.97. The molecule has 0 unspecified atom stereocenters. The van der Waals surface area contributed by atoms with Crippen molar-refractivity contribution in [2.45, 2.75) is 20.8 Å². The third kappa shape index (κ3) is 2.12. The number of aryl methyl sites for hydroxylation is 4. The van der Waals surface area contributed by atoms with Crippen LogP contribution < -0.4 is 0 Å². The number of fused-ring (bicyclic) bond motifs is 1. The zero-order valence-electron chi connectivity index (χ0n) is 14.2. The molecule has 0 aliphatic carbocycles. The van der Waals surface area contributed by atoms with Crippen molar-refractivity contribution in [3.8, 4) is 22.3 Å². The van der Waals surface area contributed by atoms with Crippen LogP contribution in [0.25, 0.3) is 33.3 Å². The first kappa shape index (κ1) is 14.6. The summed E-state index contributed by atoms with van der Waals surface area (Å²) in [6.07, 6.45) is 5.56. The predicted octanol–water partition coefficient (Wildman–Crippen LogP) is 4.22. The molecular formula is C19H18N4O. The number of nitrogens with zero attached hydrogens (tertiary/aromatic N) is 4. The van der Waals surface area contributed by atoms with E-state index in [0.717, 1.165) is 50.3 Å². The lowest BCUT2D eigenvalue weighted by Crippen LogP contribution is -1.93. The fourth-order valence-corrected chi connectivity index (χ4v) is 3.32. The van der Waals surface area contributed by atoms with Gasteiger partial charge in [-0.1, -0.05) is 5.16 Å². The molecule has 0 saturated carbocycles. The molecular weight excluding hydrogens is 300 g/mol. The molecule has 0 amide bonds. The van der Waals surface area contributed by atoms with Crippen molar-refractivity contribution in [1.82, 2.24) is 19.7 Å². The first-order valence-electron chi connectivity index (χ1n) is 7.85. The lowest BCUT2D eigenvalue weighted by molar-refractivity contribution is 0.393. The summed E-state index contributed by atoms with van der Waals surface area (Å²) in [4.78, 5) is 8.77. The molecule has 0 aliphatic rings. The number of hydrogen-bond donors (Lipinski definition) is 0. The first-order chi connectivity index (χ1) is 11.6. The zero-order chi connectivity index (χ0) is 16.8. The molecule has 5 heteroatoms. The first-order valence-corrected chi connectivity index (χ1v) is 7.85. The normalized spacial score (nSPS) is 11.3. The van der Waals surface area contributed by atoms with Crippen molar-refractivity contribution in [3.63, 3.8) is 0 Å². The van der Waals surface area contributed by atoms with Gasteiger partial charge in [0.2, 0.25) is 0 Å². The Morgan fingerprint density at radius 2 is 1.92 bits per heavy atom. The Morgan fingerprint density at radius 3 is 2.62 bits per heavy atom. The molecule has 0 spiro atoms. The maximum Gasteiger partial charge on any atom is 0.141 e. The van der Waals surface area contributed by atoms with Crippen LogP contribution in [-0.4, -0.2) is 19.7 Å². The molecule has 120 valence electrons. The Bertz CT molecular complexity index is 1040. The molecule has 4 aromatic rings. The van der Waals surface area contributed by atoms with Gasteiger partial charge in [0, 0.05) is 30.6 Å². The Kier molecular flexibility index (Phi) is 3.23. The monoisotopic (exact) mass is 318 g/mol. The minimum atomic E-state index is 0.820. The van der Waals surface area contributed by atoms with Gasteiger partial charge >= 0.3 is 0 Å². The molecule has 0 N–H and O–H groups in total. The van der Waals surface area contributed by atoms with Crippen molar-refractivity contribution in [2.75, 3.05) is 0 Å². The molecule has 0 aliphatic heterocycles. The van der Waals surface area contributed by atoms with Crippen LogP contribution in [0.5, 0.6) is 0 Å². The van der Waals surface area contributed by atoms with Crippen LogP contribution in [0.3, 0.4) is 0 Å². The van der Waals surface area contributed by atoms with Gasteiger partial charge in [-0.2, -0.15) is 0 Å². The van der Waals surface area contributed by atoms with E-state index in [4.69, 9.17) is 4.52 Å². The van der Waals surface area contributed by atoms with E-state index in [2.05, 4.69) is 38.7 Å². The molecule has 0 bridgehead atoms. The topological polar surface area (TPSA) is 56.7 Å². The highest BCUT2D eigenvalue weighted by Gasteiger charge is 2.17. The van der Waals surface area contributed by atoms with Crippen LogP contribution in [0, 0.1) is 20.8 Å². The summed E-state index contributed by atoms with van der Waals surface area (Å²) in [5.74, 6) is 0.820. The average molecular weight is 318 g/mol. The Morgan fingerprint density at radius 1 is 1.08 bits per heavy atom. The van der Waals surface area contributed by atoms with Crippen molar-refractivity contribution in [1.29, 1.82) is 0 Å². The molecule has 4 rings (SSSR count). The van der Waals surface area contributed by atoms with E-state index in [1.807, 2.05) is 45.7 Å². The molecule has 3 aromatic heterocycles. The van der Waals surface area contributed by atoms with Crippen molar-refractivity contribution < 1.29 is 4.52 Å². The molecule has 5 nitrogen and oxygen atoms in total. The van der Waals surface area contributed by atoms with Crippen LogP contribution in [0.2, 0.25) is 0 Å². The van der Waals surface area contributed by atoms with Gasteiger partial charge in [-0.05, 0) is 55.7 Å². The smallest absolute Gasteiger partial charge is 0.141 e. The molecule has 0 atom stereocenters. The number of rotatable bonds is 2. The second-order valence-electron chi connectivity index (χ2n) is 6.14. The number of pyridine rings is 1. The van der Waals surface area contributed by atoms with Gasteiger partial charge in [-0.15, -0.1) is 0 Å². The van der Waals surface area contributed by atoms with Gasteiger partial charge < -0.3 is 9.09 Å². The second kappa shape index (κ2) is 5.30. The summed E-state index contributed by atoms with van der Waals surface area (Å²) >= 11 is 0. The van der Waals surface area contributed by atoms with Crippen molar-refractivity contribution >= 4 is 11.0 Å². The van der Waals surface area contributed by atoms with Gasteiger partial charge in [-0.3, -0.25) is 4.98 Å². The molecule has 3 heterocycles. The third-order valence-electron chi connectivity index (χ3n) is 4.45. The van der Waals surface area contributed by atoms with E-state index in [9.17, 15) is 0 Å². The maximum absolute atomic E-state index is 5.35. The minimum absolute atomic E-state index is 0.820. The molecule has 24 heavy (non-hydrogen) atoms. The SMILES string of the molecule is Cc1cnccc1-c1cc(-c2c(C)noc2C)cc2ncn(C)c12. The summed E-state index contributed by atoms with van der Waals surface area (Å²) in [5.41, 5.74) is 8.51. The average Bonchev–Trinajstić information content (AvgIpc) is 3.10. The zero-order valence-corrected chi connectivity index (χ0v) is 14.2. The van der Waals surface area contributed by atoms with Crippen molar-refractivity contribution in [2.24, 2.45) is 7.05 Å². The highest BCUT2D eigenvalue weighted by Crippen LogP contribution is 2.36. The Labute approximate surface area is 140 Å². The molecule has 1 aromatic carbocycles. The minimum Gasteiger partial charge on any atom is -0.361 e. The van der Waals surface area contributed by atoms with Crippen molar-refractivity contribution in [3.05, 3.63) is 53.9 Å². The lowest BCUT2D eigenvalue weighted by Gasteiger charge is -2.11. The standard InChI is InChI=1S/C19H18N4O/c1-11-9-20-6-5-15(11)16-7-14(18-12(2)22-24-13(18)3)8-17-19(16)23(4)10-21-17/h5-10H,1-4H3. The second-order valence-corrected chi connectivity index (χ2v) is 6.14. The van der Waals surface area contributed by atoms with Crippen LogP contribution in [0.4, 0.5) is 0 Å². The fourth-order valence-electron chi connectivity index (χ4n) is 3.32. The fraction of sp³-hybridized carbons (Fsp3) is 0.211. The predicted molar refractivity (Wildman–Crippen MR) is 93.7 cm³/mol. The van der Waals surface area contributed by atoms with Gasteiger partial charge in [-0.25, -0.2) is 4.98 Å². The largest absolute Gasteiger partial charge is 0.361 e. The van der Waals surface area contributed by atoms with Gasteiger partial charge in [0.05, 0.1) is 23.1 Å². The summed E-state index contributed by atoms with van der Waals surface area (Å²) < 4.78 is 7.41. The summed E-state index contributed by atoms with van der Waals surface area (Å²) in [6, 6.07) is 6.34. The van der Waals surface area contributed by atoms with Crippen LogP contribution >= 0.6 is 0 Å². The Balaban J connectivity index is 2.09. The third-order valence-corrected chi connectivity index (χ3v) is 4.45. The molecule has 0 fully saturated rings. The maximum atomic E-state index is 5.35. The summed E-state index contributed by atoms with van der Waals surface area (Å²) in [5, 5.41) is 4.09. The number of aromatic nitrogens is 4. The number of benzene rings is 1. The Hall–Kier alpha value is -2.95. The summed E-state index contributed by atoms with van der Waals surface area (Å²) in [6.45, 7) is 5.98. The molecule has 0 saturated heterocycles. The number of hydrogen-bond acceptors (Lipinski definition) is 4. The van der Waals surface area contributed by atoms with Crippen LogP contribution in [0.1, 0.15) is 17.0 Å². The number of imidazole rings is 1. The van der Waals surface area contributed by atoms with E-state index < -0.39 is 0 Å². The van der Waals surface area contributed by atoms with Crippen LogP contribution in [-0.2, 0) is 7.05 Å². The van der Waals surface area contributed by atoms with Gasteiger partial charge in [0.15, 0.2) is 0 Å². The van der Waals surface area contributed by atoms with E-state index in [0.29, 0.717) is 0 Å². The van der Waals surface area contributed by atoms with E-state index >= 15 is 0 Å². The summed E-state index contributed by atoms with van der Waals surface area (Å²) in [7, 11) is 2.02. The van der Waals surface area contributed by atoms with Gasteiger partial charge in [0.25, 0.3) is 0 Å². The van der Waals surface area contributed by atoms with Crippen LogP contribution in [0.15, 0.2) is 41.4 Å². The molecule has 0 radical (unpaired) electrons. The lowest BCUT2D eigenvalue weighted by atomic mass is 9.95. The van der Waals surface area contributed by atoms with E-state index in [1.165, 1.54) is 0 Å². The quantitative estimate of drug-likeness (QED) is 0.555. The van der Waals surface area contributed by atoms with E-state index in [-0.39, 0.29) is 0 Å². The highest BCUT2D eigenvalue weighted by atomic mass is 16.5.